The van der Waals surface area contributed by atoms with Crippen LogP contribution in [-0.2, 0) is 11.2 Å². The molecule has 2 aromatic carbocycles. The monoisotopic (exact) mass is 390 g/mol. The largest absolute Gasteiger partial charge is 0.493 e. The first kappa shape index (κ1) is 20.8. The molecule has 0 aromatic heterocycles. The van der Waals surface area contributed by atoms with Crippen LogP contribution in [0.4, 0.5) is 5.69 Å². The number of hydrogen-bond acceptors (Lipinski definition) is 7. The number of benzene rings is 2. The van der Waals surface area contributed by atoms with Crippen molar-refractivity contribution in [2.24, 2.45) is 0 Å². The summed E-state index contributed by atoms with van der Waals surface area (Å²) < 4.78 is 20.8. The highest BCUT2D eigenvalue weighted by Gasteiger charge is 2.15. The average Bonchev–Trinajstić information content (AvgIpc) is 2.71. The number of carbonyl (C=O) groups is 1. The quantitative estimate of drug-likeness (QED) is 0.490. The van der Waals surface area contributed by atoms with Crippen molar-refractivity contribution in [3.63, 3.8) is 0 Å². The van der Waals surface area contributed by atoms with E-state index in [2.05, 4.69) is 5.32 Å². The van der Waals surface area contributed by atoms with Gasteiger partial charge in [-0.15, -0.1) is 0 Å². The second-order valence-corrected chi connectivity index (χ2v) is 5.67. The maximum Gasteiger partial charge on any atom is 0.311 e. The van der Waals surface area contributed by atoms with E-state index in [0.717, 1.165) is 5.56 Å². The van der Waals surface area contributed by atoms with E-state index in [1.165, 1.54) is 25.3 Å². The fourth-order valence-corrected chi connectivity index (χ4v) is 2.48. The van der Waals surface area contributed by atoms with E-state index in [4.69, 9.17) is 18.9 Å². The Kier molecular flexibility index (Phi) is 7.44. The van der Waals surface area contributed by atoms with Gasteiger partial charge in [0.25, 0.3) is 5.91 Å². The summed E-state index contributed by atoms with van der Waals surface area (Å²) in [5.74, 6) is 1.33. The molecule has 0 saturated heterocycles. The van der Waals surface area contributed by atoms with Gasteiger partial charge in [-0.25, -0.2) is 0 Å². The summed E-state index contributed by atoms with van der Waals surface area (Å²) in [6, 6.07) is 9.61. The third-order valence-corrected chi connectivity index (χ3v) is 3.90. The number of hydrogen-bond donors (Lipinski definition) is 1. The fourth-order valence-electron chi connectivity index (χ4n) is 2.48. The Morgan fingerprint density at radius 2 is 1.71 bits per heavy atom. The van der Waals surface area contributed by atoms with Crippen LogP contribution in [0.2, 0.25) is 0 Å². The van der Waals surface area contributed by atoms with Gasteiger partial charge < -0.3 is 24.3 Å². The molecule has 0 fully saturated rings. The molecule has 9 nitrogen and oxygen atoms in total. The van der Waals surface area contributed by atoms with E-state index in [1.807, 2.05) is 12.1 Å². The standard InChI is InChI=1S/C19H22N2O7/c1-25-16-7-4-13(10-18(16)27-3)8-9-20-19(22)12-28-14-5-6-15(21(23)24)17(11-14)26-2/h4-7,10-11H,8-9,12H2,1-3H3,(H,20,22). The number of nitrogens with one attached hydrogen (secondary N) is 1. The predicted molar refractivity (Wildman–Crippen MR) is 101 cm³/mol. The number of rotatable bonds is 10. The maximum absolute atomic E-state index is 11.9. The molecular weight excluding hydrogens is 368 g/mol. The second kappa shape index (κ2) is 10.0. The highest BCUT2D eigenvalue weighted by molar-refractivity contribution is 5.77. The molecule has 0 spiro atoms. The van der Waals surface area contributed by atoms with Gasteiger partial charge in [-0.05, 0) is 30.2 Å². The molecule has 9 heteroatoms. The van der Waals surface area contributed by atoms with Crippen molar-refractivity contribution < 1.29 is 28.7 Å². The molecular formula is C19H22N2O7. The number of amides is 1. The third-order valence-electron chi connectivity index (χ3n) is 3.90. The number of nitrogens with zero attached hydrogens (tertiary/aromatic N) is 1. The summed E-state index contributed by atoms with van der Waals surface area (Å²) in [6.07, 6.45) is 0.609. The van der Waals surface area contributed by atoms with Gasteiger partial charge >= 0.3 is 5.69 Å². The Morgan fingerprint density at radius 3 is 2.36 bits per heavy atom. The zero-order valence-corrected chi connectivity index (χ0v) is 15.9. The molecule has 0 atom stereocenters. The third kappa shape index (κ3) is 5.50. The van der Waals surface area contributed by atoms with Gasteiger partial charge in [-0.3, -0.25) is 14.9 Å². The summed E-state index contributed by atoms with van der Waals surface area (Å²) in [5.41, 5.74) is 0.813. The second-order valence-electron chi connectivity index (χ2n) is 5.67. The highest BCUT2D eigenvalue weighted by atomic mass is 16.6. The van der Waals surface area contributed by atoms with E-state index in [0.29, 0.717) is 30.2 Å². The Bertz CT molecular complexity index is 839. The maximum atomic E-state index is 11.9. The summed E-state index contributed by atoms with van der Waals surface area (Å²) in [7, 11) is 4.46. The molecule has 0 saturated carbocycles. The molecule has 0 heterocycles. The minimum atomic E-state index is -0.552. The lowest BCUT2D eigenvalue weighted by Crippen LogP contribution is -2.30. The Balaban J connectivity index is 1.82. The first-order chi connectivity index (χ1) is 13.5. The molecule has 1 amide bonds. The Hall–Kier alpha value is -3.49. The summed E-state index contributed by atoms with van der Waals surface area (Å²) >= 11 is 0. The average molecular weight is 390 g/mol. The highest BCUT2D eigenvalue weighted by Crippen LogP contribution is 2.30. The zero-order valence-electron chi connectivity index (χ0n) is 15.9. The van der Waals surface area contributed by atoms with Crippen molar-refractivity contribution >= 4 is 11.6 Å². The number of ether oxygens (including phenoxy) is 4. The fraction of sp³-hybridized carbons (Fsp3) is 0.316. The normalized spacial score (nSPS) is 10.1. The number of nitro benzene ring substituents is 1. The van der Waals surface area contributed by atoms with E-state index >= 15 is 0 Å². The van der Waals surface area contributed by atoms with Gasteiger partial charge in [0.15, 0.2) is 18.1 Å². The molecule has 28 heavy (non-hydrogen) atoms. The first-order valence-corrected chi connectivity index (χ1v) is 8.41. The Labute approximate surface area is 162 Å². The molecule has 0 unspecified atom stereocenters. The molecule has 0 aliphatic heterocycles. The summed E-state index contributed by atoms with van der Waals surface area (Å²) in [4.78, 5) is 22.3. The van der Waals surface area contributed by atoms with Crippen LogP contribution < -0.4 is 24.3 Å². The van der Waals surface area contributed by atoms with E-state index < -0.39 is 4.92 Å². The molecule has 0 bridgehead atoms. The van der Waals surface area contributed by atoms with Crippen LogP contribution in [0.15, 0.2) is 36.4 Å². The van der Waals surface area contributed by atoms with Crippen molar-refractivity contribution in [1.29, 1.82) is 0 Å². The molecule has 150 valence electrons. The Morgan fingerprint density at radius 1 is 1.00 bits per heavy atom. The minimum Gasteiger partial charge on any atom is -0.493 e. The summed E-state index contributed by atoms with van der Waals surface area (Å²) in [6.45, 7) is 0.203. The van der Waals surface area contributed by atoms with Gasteiger partial charge in [0.2, 0.25) is 5.75 Å². The lowest BCUT2D eigenvalue weighted by atomic mass is 10.1. The van der Waals surface area contributed by atoms with Crippen LogP contribution in [0.25, 0.3) is 0 Å². The number of nitro groups is 1. The van der Waals surface area contributed by atoms with Crippen LogP contribution in [-0.4, -0.2) is 45.3 Å². The molecule has 1 N–H and O–H groups in total. The van der Waals surface area contributed by atoms with Gasteiger partial charge in [0.05, 0.1) is 26.3 Å². The van der Waals surface area contributed by atoms with Crippen LogP contribution >= 0.6 is 0 Å². The van der Waals surface area contributed by atoms with Crippen molar-refractivity contribution in [2.45, 2.75) is 6.42 Å². The first-order valence-electron chi connectivity index (χ1n) is 8.41. The van der Waals surface area contributed by atoms with Crippen LogP contribution in [0, 0.1) is 10.1 Å². The van der Waals surface area contributed by atoms with Crippen LogP contribution in [0.3, 0.4) is 0 Å². The number of methoxy groups -OCH3 is 3. The smallest absolute Gasteiger partial charge is 0.311 e. The molecule has 2 aromatic rings. The van der Waals surface area contributed by atoms with Gasteiger partial charge in [-0.1, -0.05) is 6.07 Å². The van der Waals surface area contributed by atoms with Crippen molar-refractivity contribution in [3.05, 3.63) is 52.1 Å². The predicted octanol–water partition coefficient (Wildman–Crippen LogP) is 2.36. The van der Waals surface area contributed by atoms with Gasteiger partial charge in [0, 0.05) is 18.7 Å². The van der Waals surface area contributed by atoms with Crippen LogP contribution in [0.1, 0.15) is 5.56 Å². The van der Waals surface area contributed by atoms with E-state index in [1.54, 1.807) is 20.3 Å². The van der Waals surface area contributed by atoms with Crippen molar-refractivity contribution in [3.8, 4) is 23.0 Å². The van der Waals surface area contributed by atoms with Crippen LogP contribution in [0.5, 0.6) is 23.0 Å². The van der Waals surface area contributed by atoms with Crippen molar-refractivity contribution in [2.75, 3.05) is 34.5 Å². The molecule has 0 aliphatic rings. The molecule has 2 rings (SSSR count). The van der Waals surface area contributed by atoms with Gasteiger partial charge in [-0.2, -0.15) is 0 Å². The van der Waals surface area contributed by atoms with Crippen molar-refractivity contribution in [1.82, 2.24) is 5.32 Å². The van der Waals surface area contributed by atoms with Gasteiger partial charge in [0.1, 0.15) is 5.75 Å². The molecule has 0 aliphatic carbocycles. The topological polar surface area (TPSA) is 109 Å². The molecule has 0 radical (unpaired) electrons. The SMILES string of the molecule is COc1ccc(CCNC(=O)COc2ccc([N+](=O)[O-])c(OC)c2)cc1OC. The van der Waals surface area contributed by atoms with E-state index in [9.17, 15) is 14.9 Å². The lowest BCUT2D eigenvalue weighted by Gasteiger charge is -2.11. The zero-order chi connectivity index (χ0) is 20.5. The lowest BCUT2D eigenvalue weighted by molar-refractivity contribution is -0.385. The summed E-state index contributed by atoms with van der Waals surface area (Å²) in [5, 5.41) is 13.6. The minimum absolute atomic E-state index is 0.0661. The van der Waals surface area contributed by atoms with E-state index in [-0.39, 0.29) is 24.0 Å². The number of carbonyl (C=O) groups excluding carboxylic acids is 1.